The summed E-state index contributed by atoms with van der Waals surface area (Å²) in [7, 11) is -1.58. The van der Waals surface area contributed by atoms with Gasteiger partial charge in [0.15, 0.2) is 0 Å². The van der Waals surface area contributed by atoms with Crippen molar-refractivity contribution in [1.82, 2.24) is 0 Å². The van der Waals surface area contributed by atoms with Gasteiger partial charge in [0.2, 0.25) is 0 Å². The van der Waals surface area contributed by atoms with Crippen molar-refractivity contribution in [2.75, 3.05) is 0 Å². The number of fused-ring (bicyclic) bond motifs is 2. The topological polar surface area (TPSA) is 0 Å². The van der Waals surface area contributed by atoms with Crippen LogP contribution in [0.4, 0.5) is 0 Å². The normalized spacial score (nSPS) is 35.5. The van der Waals surface area contributed by atoms with Crippen LogP contribution in [-0.4, -0.2) is 18.6 Å². The Bertz CT molecular complexity index is 1190. The molecule has 2 saturated carbocycles. The van der Waals surface area contributed by atoms with Crippen LogP contribution < -0.4 is 0 Å². The van der Waals surface area contributed by atoms with Crippen molar-refractivity contribution in [2.24, 2.45) is 23.7 Å². The van der Waals surface area contributed by atoms with E-state index in [0.29, 0.717) is 0 Å². The molecule has 37 heavy (non-hydrogen) atoms. The number of hydrogen-bond acceptors (Lipinski definition) is 2. The molecule has 0 bridgehead atoms. The molecule has 0 N–H and O–H groups in total. The van der Waals surface area contributed by atoms with E-state index in [1.165, 1.54) is 35.1 Å². The van der Waals surface area contributed by atoms with Crippen LogP contribution in [0.15, 0.2) is 58.3 Å². The molecule has 2 heterocycles. The molecular formula is C34H44S2Si. The van der Waals surface area contributed by atoms with Gasteiger partial charge in [-0.25, -0.2) is 0 Å². The van der Waals surface area contributed by atoms with Gasteiger partial charge >= 0.3 is 0 Å². The lowest BCUT2D eigenvalue weighted by Gasteiger charge is -2.44. The fourth-order valence-electron chi connectivity index (χ4n) is 9.51. The van der Waals surface area contributed by atoms with Crippen LogP contribution >= 0.6 is 23.5 Å². The first-order valence-corrected chi connectivity index (χ1v) is 19.4. The number of aryl methyl sites for hydroxylation is 2. The van der Waals surface area contributed by atoms with Gasteiger partial charge in [0.25, 0.3) is 0 Å². The van der Waals surface area contributed by atoms with Crippen LogP contribution in [0.3, 0.4) is 0 Å². The standard InChI is InChI=1S/C34H44S2Si/c1-19-13-9-11-15-25(19)29-23(5)35-31-27(29)17-21(3)33(31)37(7,8)34-22(4)18-28-30(24(6)36-32(28)34)26-16-12-10-14-20(26)2/h9-16,21-22,27-28,31-34H,17-18H2,1-8H3. The van der Waals surface area contributed by atoms with Gasteiger partial charge in [0, 0.05) is 10.5 Å². The van der Waals surface area contributed by atoms with Gasteiger partial charge < -0.3 is 0 Å². The first kappa shape index (κ1) is 26.1. The molecule has 0 saturated heterocycles. The molecule has 0 radical (unpaired) electrons. The van der Waals surface area contributed by atoms with Gasteiger partial charge in [-0.1, -0.05) is 75.5 Å². The molecule has 2 aliphatic heterocycles. The van der Waals surface area contributed by atoms with Gasteiger partial charge in [-0.2, -0.15) is 0 Å². The summed E-state index contributed by atoms with van der Waals surface area (Å²) in [5.74, 6) is 3.14. The first-order chi connectivity index (χ1) is 17.6. The van der Waals surface area contributed by atoms with Crippen LogP contribution in [0, 0.1) is 37.5 Å². The molecular weight excluding hydrogens is 501 g/mol. The van der Waals surface area contributed by atoms with E-state index in [9.17, 15) is 0 Å². The number of hydrogen-bond donors (Lipinski definition) is 0. The largest absolute Gasteiger partial charge is 0.127 e. The maximum absolute atomic E-state index is 2.81. The van der Waals surface area contributed by atoms with E-state index in [4.69, 9.17) is 0 Å². The third-order valence-corrected chi connectivity index (χ3v) is 19.4. The SMILES string of the molecule is CC1=C(c2ccccc2C)C2CC(C)C([Si](C)(C)C3C(C)CC4C(c5ccccc5C)=C(C)SC43)C2S1. The van der Waals surface area contributed by atoms with Crippen molar-refractivity contribution in [3.05, 3.63) is 80.6 Å². The van der Waals surface area contributed by atoms with E-state index in [2.05, 4.69) is 127 Å². The van der Waals surface area contributed by atoms with Crippen molar-refractivity contribution in [1.29, 1.82) is 0 Å². The summed E-state index contributed by atoms with van der Waals surface area (Å²) in [4.78, 5) is 3.22. The average molecular weight is 545 g/mol. The Morgan fingerprint density at radius 2 is 1.00 bits per heavy atom. The lowest BCUT2D eigenvalue weighted by Crippen LogP contribution is -2.47. The maximum Gasteiger partial charge on any atom is 0.0564 e. The van der Waals surface area contributed by atoms with E-state index in [1.54, 1.807) is 21.0 Å². The summed E-state index contributed by atoms with van der Waals surface area (Å²) in [5, 5.41) is 1.57. The van der Waals surface area contributed by atoms with E-state index >= 15 is 0 Å². The van der Waals surface area contributed by atoms with Crippen LogP contribution in [0.5, 0.6) is 0 Å². The smallest absolute Gasteiger partial charge is 0.0564 e. The minimum atomic E-state index is -1.58. The molecule has 2 aliphatic carbocycles. The first-order valence-electron chi connectivity index (χ1n) is 14.5. The van der Waals surface area contributed by atoms with Crippen molar-refractivity contribution < 1.29 is 0 Å². The summed E-state index contributed by atoms with van der Waals surface area (Å²) in [5.41, 5.74) is 11.1. The molecule has 2 aromatic carbocycles. The zero-order chi connectivity index (χ0) is 26.2. The number of allylic oxidation sites excluding steroid dienone is 4. The Morgan fingerprint density at radius 1 is 0.622 bits per heavy atom. The van der Waals surface area contributed by atoms with Gasteiger partial charge in [-0.3, -0.25) is 0 Å². The Hall–Kier alpha value is -1.16. The van der Waals surface area contributed by atoms with Crippen molar-refractivity contribution in [3.8, 4) is 0 Å². The fraction of sp³-hybridized carbons (Fsp3) is 0.529. The lowest BCUT2D eigenvalue weighted by molar-refractivity contribution is 0.545. The minimum absolute atomic E-state index is 0.740. The van der Waals surface area contributed by atoms with Gasteiger partial charge in [0.05, 0.1) is 8.07 Å². The summed E-state index contributed by atoms with van der Waals surface area (Å²) in [6.45, 7) is 20.3. The molecule has 3 heteroatoms. The predicted molar refractivity (Wildman–Crippen MR) is 170 cm³/mol. The van der Waals surface area contributed by atoms with Gasteiger partial charge in [-0.05, 0) is 119 Å². The van der Waals surface area contributed by atoms with E-state index in [-0.39, 0.29) is 0 Å². The van der Waals surface area contributed by atoms with Crippen molar-refractivity contribution in [2.45, 2.75) is 89.1 Å². The minimum Gasteiger partial charge on any atom is -0.127 e. The second-order valence-electron chi connectivity index (χ2n) is 13.2. The molecule has 8 unspecified atom stereocenters. The highest BCUT2D eigenvalue weighted by atomic mass is 32.2. The van der Waals surface area contributed by atoms with Crippen LogP contribution in [0.25, 0.3) is 11.1 Å². The van der Waals surface area contributed by atoms with E-state index < -0.39 is 8.07 Å². The Balaban J connectivity index is 1.31. The summed E-state index contributed by atoms with van der Waals surface area (Å²) < 4.78 is 0. The van der Waals surface area contributed by atoms with Gasteiger partial charge in [-0.15, -0.1) is 23.5 Å². The zero-order valence-electron chi connectivity index (χ0n) is 24.0. The molecule has 0 amide bonds. The zero-order valence-corrected chi connectivity index (χ0v) is 26.6. The summed E-state index contributed by atoms with van der Waals surface area (Å²) in [6.07, 6.45) is 2.77. The van der Waals surface area contributed by atoms with E-state index in [0.717, 1.165) is 45.3 Å². The average Bonchev–Trinajstić information content (AvgIpc) is 3.51. The van der Waals surface area contributed by atoms with Crippen LogP contribution in [-0.2, 0) is 0 Å². The van der Waals surface area contributed by atoms with Crippen LogP contribution in [0.2, 0.25) is 24.2 Å². The third kappa shape index (κ3) is 4.01. The molecule has 2 aromatic rings. The molecule has 4 aliphatic rings. The molecule has 6 rings (SSSR count). The Labute approximate surface area is 235 Å². The summed E-state index contributed by atoms with van der Waals surface area (Å²) >= 11 is 4.54. The van der Waals surface area contributed by atoms with E-state index in [1.807, 2.05) is 0 Å². The molecule has 0 spiro atoms. The molecule has 8 atom stereocenters. The lowest BCUT2D eigenvalue weighted by atomic mass is 9.88. The second kappa shape index (κ2) is 9.49. The van der Waals surface area contributed by atoms with Gasteiger partial charge in [0.1, 0.15) is 0 Å². The number of thioether (sulfide) groups is 2. The maximum atomic E-state index is 2.81. The highest BCUT2D eigenvalue weighted by Gasteiger charge is 2.61. The second-order valence-corrected chi connectivity index (χ2v) is 21.0. The third-order valence-electron chi connectivity index (χ3n) is 10.7. The predicted octanol–water partition coefficient (Wildman–Crippen LogP) is 10.5. The molecule has 0 aromatic heterocycles. The Kier molecular flexibility index (Phi) is 6.69. The Morgan fingerprint density at radius 3 is 1.38 bits per heavy atom. The molecule has 196 valence electrons. The summed E-state index contributed by atoms with van der Waals surface area (Å²) in [6, 6.07) is 18.3. The number of benzene rings is 2. The highest BCUT2D eigenvalue weighted by Crippen LogP contribution is 2.69. The molecule has 0 nitrogen and oxygen atoms in total. The number of rotatable bonds is 4. The highest BCUT2D eigenvalue weighted by molar-refractivity contribution is 8.04. The molecule has 2 fully saturated rings. The quantitative estimate of drug-likeness (QED) is 0.351. The van der Waals surface area contributed by atoms with Crippen molar-refractivity contribution >= 4 is 42.7 Å². The van der Waals surface area contributed by atoms with Crippen molar-refractivity contribution in [3.63, 3.8) is 0 Å². The van der Waals surface area contributed by atoms with Crippen LogP contribution in [0.1, 0.15) is 62.8 Å². The fourth-order valence-corrected chi connectivity index (χ4v) is 21.1. The monoisotopic (exact) mass is 544 g/mol.